The molecule has 0 atom stereocenters. The fraction of sp³-hybridized carbons (Fsp3) is 0.357. The molecule has 1 aromatic rings. The first-order valence-corrected chi connectivity index (χ1v) is 7.44. The number of esters is 2. The standard InChI is InChI=1S/C14H12F5NO5S/c15-9-10(16)12(18)14(13(19)11(9)17)25-8(23)2-1-5-24-7(22)4-3-6(21)20-26/h26H,1-5H2,(H,20,21). The highest BCUT2D eigenvalue weighted by Gasteiger charge is 2.28. The number of benzene rings is 1. The third kappa shape index (κ3) is 5.86. The summed E-state index contributed by atoms with van der Waals surface area (Å²) in [5.41, 5.74) is 0. The van der Waals surface area contributed by atoms with E-state index in [4.69, 9.17) is 0 Å². The average molecular weight is 401 g/mol. The Morgan fingerprint density at radius 1 is 0.808 bits per heavy atom. The van der Waals surface area contributed by atoms with Gasteiger partial charge >= 0.3 is 11.9 Å². The second-order valence-electron chi connectivity index (χ2n) is 4.73. The number of rotatable bonds is 8. The molecule has 12 heteroatoms. The van der Waals surface area contributed by atoms with Crippen LogP contribution >= 0.6 is 12.8 Å². The molecule has 26 heavy (non-hydrogen) atoms. The van der Waals surface area contributed by atoms with E-state index in [0.717, 1.165) is 0 Å². The molecule has 0 unspecified atom stereocenters. The molecule has 0 aliphatic heterocycles. The van der Waals surface area contributed by atoms with Crippen molar-refractivity contribution in [2.24, 2.45) is 0 Å². The lowest BCUT2D eigenvalue weighted by Gasteiger charge is -2.09. The van der Waals surface area contributed by atoms with Gasteiger partial charge in [-0.2, -0.15) is 8.78 Å². The van der Waals surface area contributed by atoms with E-state index in [1.165, 1.54) is 0 Å². The Bertz CT molecular complexity index is 686. The van der Waals surface area contributed by atoms with Crippen molar-refractivity contribution >= 4 is 30.7 Å². The maximum Gasteiger partial charge on any atom is 0.311 e. The van der Waals surface area contributed by atoms with Crippen molar-refractivity contribution in [3.05, 3.63) is 29.1 Å². The Labute approximate surface area is 149 Å². The molecule has 0 aliphatic carbocycles. The third-order valence-corrected chi connectivity index (χ3v) is 3.10. The number of amides is 1. The fourth-order valence-electron chi connectivity index (χ4n) is 1.59. The second-order valence-corrected chi connectivity index (χ2v) is 4.96. The van der Waals surface area contributed by atoms with Crippen molar-refractivity contribution in [3.63, 3.8) is 0 Å². The highest BCUT2D eigenvalue weighted by molar-refractivity contribution is 7.78. The molecule has 1 rings (SSSR count). The lowest BCUT2D eigenvalue weighted by molar-refractivity contribution is -0.146. The maximum absolute atomic E-state index is 13.3. The van der Waals surface area contributed by atoms with Gasteiger partial charge in [-0.05, 0) is 6.42 Å². The Hall–Kier alpha value is -2.37. The van der Waals surface area contributed by atoms with Gasteiger partial charge in [0.1, 0.15) is 0 Å². The van der Waals surface area contributed by atoms with Crippen molar-refractivity contribution < 1.29 is 45.8 Å². The van der Waals surface area contributed by atoms with E-state index >= 15 is 0 Å². The molecule has 1 N–H and O–H groups in total. The van der Waals surface area contributed by atoms with Gasteiger partial charge in [-0.1, -0.05) is 12.8 Å². The van der Waals surface area contributed by atoms with Crippen LogP contribution in [0.3, 0.4) is 0 Å². The summed E-state index contributed by atoms with van der Waals surface area (Å²) in [6.45, 7) is -0.284. The zero-order valence-electron chi connectivity index (χ0n) is 12.9. The first-order chi connectivity index (χ1) is 12.2. The zero-order chi connectivity index (χ0) is 19.9. The van der Waals surface area contributed by atoms with Gasteiger partial charge in [-0.25, -0.2) is 13.2 Å². The smallest absolute Gasteiger partial charge is 0.311 e. The molecule has 0 bridgehead atoms. The summed E-state index contributed by atoms with van der Waals surface area (Å²) < 4.78 is 76.3. The van der Waals surface area contributed by atoms with Gasteiger partial charge in [0.2, 0.25) is 40.7 Å². The monoisotopic (exact) mass is 401 g/mol. The molecule has 0 aromatic heterocycles. The Morgan fingerprint density at radius 2 is 1.35 bits per heavy atom. The van der Waals surface area contributed by atoms with Gasteiger partial charge < -0.3 is 14.2 Å². The molecule has 0 saturated carbocycles. The minimum absolute atomic E-state index is 0.140. The van der Waals surface area contributed by atoms with E-state index in [1.54, 1.807) is 0 Å². The third-order valence-electron chi connectivity index (χ3n) is 2.85. The van der Waals surface area contributed by atoms with Gasteiger partial charge in [0.25, 0.3) is 0 Å². The molecule has 0 spiro atoms. The van der Waals surface area contributed by atoms with Gasteiger partial charge in [-0.15, -0.1) is 0 Å². The van der Waals surface area contributed by atoms with Crippen LogP contribution in [0, 0.1) is 29.1 Å². The van der Waals surface area contributed by atoms with E-state index in [-0.39, 0.29) is 25.9 Å². The molecular weight excluding hydrogens is 389 g/mol. The molecule has 0 saturated heterocycles. The van der Waals surface area contributed by atoms with E-state index in [2.05, 4.69) is 22.3 Å². The number of carbonyl (C=O) groups is 3. The van der Waals surface area contributed by atoms with Gasteiger partial charge in [0.05, 0.1) is 13.0 Å². The van der Waals surface area contributed by atoms with Crippen molar-refractivity contribution in [2.45, 2.75) is 25.7 Å². The number of nitrogens with one attached hydrogen (secondary N) is 1. The van der Waals surface area contributed by atoms with Crippen LogP contribution < -0.4 is 9.46 Å². The molecule has 0 aliphatic rings. The Balaban J connectivity index is 2.47. The number of carbonyl (C=O) groups excluding carboxylic acids is 3. The van der Waals surface area contributed by atoms with Gasteiger partial charge in [-0.3, -0.25) is 14.4 Å². The molecule has 0 heterocycles. The van der Waals surface area contributed by atoms with Crippen LogP contribution in [0.5, 0.6) is 5.75 Å². The first-order valence-electron chi connectivity index (χ1n) is 6.99. The highest BCUT2D eigenvalue weighted by atomic mass is 32.1. The number of hydrogen-bond acceptors (Lipinski definition) is 6. The minimum Gasteiger partial charge on any atom is -0.466 e. The predicted octanol–water partition coefficient (Wildman–Crippen LogP) is 2.35. The lowest BCUT2D eigenvalue weighted by Crippen LogP contribution is -2.16. The lowest BCUT2D eigenvalue weighted by atomic mass is 10.2. The van der Waals surface area contributed by atoms with Crippen molar-refractivity contribution in [3.8, 4) is 5.75 Å². The van der Waals surface area contributed by atoms with Crippen LogP contribution in [0.4, 0.5) is 22.0 Å². The Morgan fingerprint density at radius 3 is 1.88 bits per heavy atom. The molecule has 1 amide bonds. The molecule has 6 nitrogen and oxygen atoms in total. The normalized spacial score (nSPS) is 10.4. The largest absolute Gasteiger partial charge is 0.466 e. The highest BCUT2D eigenvalue weighted by Crippen LogP contribution is 2.29. The van der Waals surface area contributed by atoms with Crippen LogP contribution in [-0.2, 0) is 19.1 Å². The summed E-state index contributed by atoms with van der Waals surface area (Å²) in [7, 11) is 0. The quantitative estimate of drug-likeness (QED) is 0.133. The van der Waals surface area contributed by atoms with Gasteiger partial charge in [0.15, 0.2) is 0 Å². The fourth-order valence-corrected chi connectivity index (χ4v) is 1.70. The van der Waals surface area contributed by atoms with Crippen LogP contribution in [0.25, 0.3) is 0 Å². The molecule has 1 aromatic carbocycles. The zero-order valence-corrected chi connectivity index (χ0v) is 13.8. The number of ether oxygens (including phenoxy) is 2. The average Bonchev–Trinajstić information content (AvgIpc) is 2.63. The Kier molecular flexibility index (Phi) is 8.29. The first kappa shape index (κ1) is 21.7. The molecule has 0 radical (unpaired) electrons. The van der Waals surface area contributed by atoms with Crippen molar-refractivity contribution in [1.29, 1.82) is 0 Å². The predicted molar refractivity (Wildman–Crippen MR) is 78.4 cm³/mol. The van der Waals surface area contributed by atoms with Crippen LogP contribution in [-0.4, -0.2) is 24.5 Å². The SMILES string of the molecule is O=C(CCC(=O)OCCCC(=O)Oc1c(F)c(F)c(F)c(F)c1F)NS. The number of hydrogen-bond donors (Lipinski definition) is 2. The van der Waals surface area contributed by atoms with E-state index in [9.17, 15) is 36.3 Å². The maximum atomic E-state index is 13.3. The van der Waals surface area contributed by atoms with Crippen molar-refractivity contribution in [1.82, 2.24) is 4.72 Å². The van der Waals surface area contributed by atoms with Crippen LogP contribution in [0.2, 0.25) is 0 Å². The number of thiol groups is 1. The molecule has 0 fully saturated rings. The van der Waals surface area contributed by atoms with E-state index in [1.807, 2.05) is 4.72 Å². The topological polar surface area (TPSA) is 81.7 Å². The summed E-state index contributed by atoms with van der Waals surface area (Å²) >= 11 is 3.48. The molecular formula is C14H12F5NO5S. The van der Waals surface area contributed by atoms with Crippen LogP contribution in [0.1, 0.15) is 25.7 Å². The molecule has 144 valence electrons. The second kappa shape index (κ2) is 9.94. The van der Waals surface area contributed by atoms with Crippen molar-refractivity contribution in [2.75, 3.05) is 6.61 Å². The van der Waals surface area contributed by atoms with E-state index in [0.29, 0.717) is 0 Å². The van der Waals surface area contributed by atoms with Crippen LogP contribution in [0.15, 0.2) is 0 Å². The summed E-state index contributed by atoms with van der Waals surface area (Å²) in [5, 5.41) is 0. The minimum atomic E-state index is -2.38. The summed E-state index contributed by atoms with van der Waals surface area (Å²) in [5.74, 6) is -15.7. The summed E-state index contributed by atoms with van der Waals surface area (Å²) in [6, 6.07) is 0. The summed E-state index contributed by atoms with van der Waals surface area (Å²) in [6.07, 6.45) is -1.06. The summed E-state index contributed by atoms with van der Waals surface area (Å²) in [4.78, 5) is 33.5. The number of halogens is 5. The van der Waals surface area contributed by atoms with Gasteiger partial charge in [0, 0.05) is 12.8 Å². The van der Waals surface area contributed by atoms with E-state index < -0.39 is 59.1 Å².